The zero-order valence-corrected chi connectivity index (χ0v) is 11.7. The van der Waals surface area contributed by atoms with Crippen LogP contribution in [-0.4, -0.2) is 36.0 Å². The van der Waals surface area contributed by atoms with Crippen LogP contribution in [-0.2, 0) is 4.79 Å². The average Bonchev–Trinajstić information content (AvgIpc) is 2.78. The molecule has 1 aromatic rings. The summed E-state index contributed by atoms with van der Waals surface area (Å²) >= 11 is 3.13. The Labute approximate surface area is 117 Å². The summed E-state index contributed by atoms with van der Waals surface area (Å²) in [6, 6.07) is 3.83. The van der Waals surface area contributed by atoms with Crippen LogP contribution < -0.4 is 10.1 Å². The number of nitrogens with one attached hydrogen (secondary N) is 1. The van der Waals surface area contributed by atoms with E-state index in [4.69, 9.17) is 4.74 Å². The van der Waals surface area contributed by atoms with Gasteiger partial charge in [-0.25, -0.2) is 9.18 Å². The molecule has 0 bridgehead atoms. The van der Waals surface area contributed by atoms with E-state index in [1.165, 1.54) is 19.1 Å². The van der Waals surface area contributed by atoms with Crippen LogP contribution in [0.1, 0.15) is 6.92 Å². The van der Waals surface area contributed by atoms with E-state index in [1.54, 1.807) is 6.07 Å². The number of hydrogen-bond donors (Lipinski definition) is 1. The van der Waals surface area contributed by atoms with Crippen molar-refractivity contribution in [2.24, 2.45) is 0 Å². The number of imide groups is 1. The highest BCUT2D eigenvalue weighted by atomic mass is 79.9. The number of ether oxygens (including phenoxy) is 1. The van der Waals surface area contributed by atoms with Crippen molar-refractivity contribution >= 4 is 27.9 Å². The second-order valence-electron chi connectivity index (χ2n) is 4.06. The molecule has 0 saturated carbocycles. The molecule has 1 heterocycles. The molecular weight excluding hydrogens is 319 g/mol. The molecule has 0 aliphatic carbocycles. The Bertz CT molecular complexity index is 524. The molecule has 2 rings (SSSR count). The van der Waals surface area contributed by atoms with Crippen molar-refractivity contribution in [3.63, 3.8) is 0 Å². The van der Waals surface area contributed by atoms with E-state index < -0.39 is 23.9 Å². The highest BCUT2D eigenvalue weighted by Gasteiger charge is 2.31. The van der Waals surface area contributed by atoms with Gasteiger partial charge >= 0.3 is 6.03 Å². The van der Waals surface area contributed by atoms with Crippen molar-refractivity contribution in [1.29, 1.82) is 0 Å². The van der Waals surface area contributed by atoms with E-state index in [0.29, 0.717) is 17.6 Å². The van der Waals surface area contributed by atoms with Gasteiger partial charge in [-0.1, -0.05) is 15.9 Å². The maximum absolute atomic E-state index is 13.6. The highest BCUT2D eigenvalue weighted by Crippen LogP contribution is 2.22. The number of hydrogen-bond acceptors (Lipinski definition) is 3. The zero-order chi connectivity index (χ0) is 14.0. The number of benzene rings is 1. The Hall–Kier alpha value is -1.63. The van der Waals surface area contributed by atoms with Gasteiger partial charge < -0.3 is 10.1 Å². The van der Waals surface area contributed by atoms with Crippen molar-refractivity contribution < 1.29 is 18.7 Å². The quantitative estimate of drug-likeness (QED) is 0.920. The van der Waals surface area contributed by atoms with Crippen LogP contribution in [0, 0.1) is 5.82 Å². The minimum absolute atomic E-state index is 0.0244. The first-order valence-corrected chi connectivity index (χ1v) is 6.49. The summed E-state index contributed by atoms with van der Waals surface area (Å²) < 4.78 is 19.4. The van der Waals surface area contributed by atoms with Gasteiger partial charge in [0.2, 0.25) is 0 Å². The smallest absolute Gasteiger partial charge is 0.324 e. The van der Waals surface area contributed by atoms with Gasteiger partial charge in [0.1, 0.15) is 0 Å². The predicted molar refractivity (Wildman–Crippen MR) is 69.3 cm³/mol. The van der Waals surface area contributed by atoms with E-state index in [2.05, 4.69) is 21.2 Å². The van der Waals surface area contributed by atoms with E-state index in [-0.39, 0.29) is 5.75 Å². The van der Waals surface area contributed by atoms with Crippen LogP contribution in [0.4, 0.5) is 9.18 Å². The van der Waals surface area contributed by atoms with Crippen molar-refractivity contribution in [3.05, 3.63) is 28.5 Å². The van der Waals surface area contributed by atoms with Gasteiger partial charge in [-0.05, 0) is 25.1 Å². The molecule has 5 nitrogen and oxygen atoms in total. The fraction of sp³-hybridized carbons (Fsp3) is 0.333. The Morgan fingerprint density at radius 2 is 2.32 bits per heavy atom. The SMILES string of the molecule is C[C@H](Oc1ccc(Br)cc1F)C(=O)N1CCNC1=O. The van der Waals surface area contributed by atoms with E-state index in [9.17, 15) is 14.0 Å². The lowest BCUT2D eigenvalue weighted by Crippen LogP contribution is -2.42. The number of amides is 3. The van der Waals surface area contributed by atoms with Crippen LogP contribution in [0.2, 0.25) is 0 Å². The van der Waals surface area contributed by atoms with Crippen molar-refractivity contribution in [2.45, 2.75) is 13.0 Å². The Kier molecular flexibility index (Phi) is 4.04. The van der Waals surface area contributed by atoms with E-state index in [1.807, 2.05) is 0 Å². The summed E-state index contributed by atoms with van der Waals surface area (Å²) in [6.07, 6.45) is -0.931. The van der Waals surface area contributed by atoms with Gasteiger partial charge in [-0.15, -0.1) is 0 Å². The first-order valence-electron chi connectivity index (χ1n) is 5.70. The number of carbonyl (C=O) groups is 2. The summed E-state index contributed by atoms with van der Waals surface area (Å²) in [4.78, 5) is 24.3. The monoisotopic (exact) mass is 330 g/mol. The third-order valence-electron chi connectivity index (χ3n) is 2.67. The number of halogens is 2. The summed E-state index contributed by atoms with van der Waals surface area (Å²) in [6.45, 7) is 2.20. The fourth-order valence-corrected chi connectivity index (χ4v) is 2.05. The minimum atomic E-state index is -0.931. The second-order valence-corrected chi connectivity index (χ2v) is 4.97. The van der Waals surface area contributed by atoms with Crippen molar-refractivity contribution in [2.75, 3.05) is 13.1 Å². The van der Waals surface area contributed by atoms with Crippen LogP contribution in [0.5, 0.6) is 5.75 Å². The molecule has 7 heteroatoms. The lowest BCUT2D eigenvalue weighted by atomic mass is 10.3. The first kappa shape index (κ1) is 13.8. The maximum atomic E-state index is 13.6. The summed E-state index contributed by atoms with van der Waals surface area (Å²) in [5, 5.41) is 2.52. The van der Waals surface area contributed by atoms with Crippen molar-refractivity contribution in [3.8, 4) is 5.75 Å². The molecule has 19 heavy (non-hydrogen) atoms. The molecule has 1 saturated heterocycles. The first-order chi connectivity index (χ1) is 8.99. The number of nitrogens with zero attached hydrogens (tertiary/aromatic N) is 1. The molecule has 0 unspecified atom stereocenters. The largest absolute Gasteiger partial charge is 0.478 e. The topological polar surface area (TPSA) is 58.6 Å². The predicted octanol–water partition coefficient (Wildman–Crippen LogP) is 1.91. The molecule has 1 aromatic carbocycles. The number of carbonyl (C=O) groups excluding carboxylic acids is 2. The lowest BCUT2D eigenvalue weighted by Gasteiger charge is -2.19. The zero-order valence-electron chi connectivity index (χ0n) is 10.2. The molecule has 0 aromatic heterocycles. The van der Waals surface area contributed by atoms with Gasteiger partial charge in [0.15, 0.2) is 17.7 Å². The highest BCUT2D eigenvalue weighted by molar-refractivity contribution is 9.10. The average molecular weight is 331 g/mol. The Morgan fingerprint density at radius 1 is 1.58 bits per heavy atom. The lowest BCUT2D eigenvalue weighted by molar-refractivity contribution is -0.134. The summed E-state index contributed by atoms with van der Waals surface area (Å²) in [5.41, 5.74) is 0. The second kappa shape index (κ2) is 5.56. The molecule has 0 radical (unpaired) electrons. The summed E-state index contributed by atoms with van der Waals surface area (Å²) in [5.74, 6) is -1.08. The molecule has 3 amide bonds. The maximum Gasteiger partial charge on any atom is 0.324 e. The molecule has 1 aliphatic rings. The minimum Gasteiger partial charge on any atom is -0.478 e. The Balaban J connectivity index is 2.06. The summed E-state index contributed by atoms with van der Waals surface area (Å²) in [7, 11) is 0. The molecule has 1 aliphatic heterocycles. The number of urea groups is 1. The van der Waals surface area contributed by atoms with Crippen molar-refractivity contribution in [1.82, 2.24) is 10.2 Å². The molecular formula is C12H12BrFN2O3. The van der Waals surface area contributed by atoms with Gasteiger partial charge in [-0.2, -0.15) is 0 Å². The van der Waals surface area contributed by atoms with Crippen LogP contribution >= 0.6 is 15.9 Å². The molecule has 1 N–H and O–H groups in total. The van der Waals surface area contributed by atoms with Gasteiger partial charge in [-0.3, -0.25) is 9.69 Å². The van der Waals surface area contributed by atoms with E-state index >= 15 is 0 Å². The van der Waals surface area contributed by atoms with Gasteiger partial charge in [0.25, 0.3) is 5.91 Å². The fourth-order valence-electron chi connectivity index (χ4n) is 1.71. The van der Waals surface area contributed by atoms with Gasteiger partial charge in [0.05, 0.1) is 0 Å². The standard InChI is InChI=1S/C12H12BrFN2O3/c1-7(11(17)16-5-4-15-12(16)18)19-10-3-2-8(13)6-9(10)14/h2-3,6-7H,4-5H2,1H3,(H,15,18)/t7-/m0/s1. The van der Waals surface area contributed by atoms with Crippen LogP contribution in [0.25, 0.3) is 0 Å². The molecule has 1 fully saturated rings. The molecule has 1 atom stereocenters. The third-order valence-corrected chi connectivity index (χ3v) is 3.16. The van der Waals surface area contributed by atoms with Gasteiger partial charge in [0, 0.05) is 17.6 Å². The van der Waals surface area contributed by atoms with Crippen LogP contribution in [0.15, 0.2) is 22.7 Å². The molecule has 102 valence electrons. The normalized spacial score (nSPS) is 16.2. The third kappa shape index (κ3) is 3.04. The van der Waals surface area contributed by atoms with E-state index in [0.717, 1.165) is 4.90 Å². The number of rotatable bonds is 3. The van der Waals surface area contributed by atoms with Crippen LogP contribution in [0.3, 0.4) is 0 Å². The Morgan fingerprint density at radius 3 is 2.89 bits per heavy atom. The molecule has 0 spiro atoms.